The van der Waals surface area contributed by atoms with E-state index in [4.69, 9.17) is 5.11 Å². The molecule has 68 valence electrons. The Morgan fingerprint density at radius 3 is 2.77 bits per heavy atom. The van der Waals surface area contributed by atoms with Crippen molar-refractivity contribution in [1.82, 2.24) is 4.98 Å². The molecule has 1 fully saturated rings. The number of rotatable bonds is 3. The molecule has 1 aliphatic carbocycles. The molecular weight excluding hydrogens is 170 g/mol. The van der Waals surface area contributed by atoms with Crippen LogP contribution >= 0.6 is 0 Å². The fourth-order valence-corrected chi connectivity index (χ4v) is 1.54. The lowest BCUT2D eigenvalue weighted by atomic mass is 10.1. The summed E-state index contributed by atoms with van der Waals surface area (Å²) in [6.07, 6.45) is 4.04. The van der Waals surface area contributed by atoms with Gasteiger partial charge in [-0.15, -0.1) is 0 Å². The molecule has 0 unspecified atom stereocenters. The molecule has 1 aromatic rings. The minimum atomic E-state index is -0.966. The average molecular weight is 179 g/mol. The topological polar surface area (TPSA) is 70.2 Å². The standard InChI is InChI=1S/C9H9NO3/c11-4-7-8(5-1-2-5)6(3-10-7)9(12)13/h3-5,10H,1-2H2,(H,12,13). The number of carboxylic acid groups (broad SMARTS) is 1. The molecule has 2 N–H and O–H groups in total. The van der Waals surface area contributed by atoms with Crippen LogP contribution in [0, 0.1) is 0 Å². The van der Waals surface area contributed by atoms with Gasteiger partial charge in [-0.25, -0.2) is 4.79 Å². The first-order valence-electron chi connectivity index (χ1n) is 4.13. The summed E-state index contributed by atoms with van der Waals surface area (Å²) in [5.41, 5.74) is 1.34. The summed E-state index contributed by atoms with van der Waals surface area (Å²) in [6.45, 7) is 0. The third kappa shape index (κ3) is 1.24. The van der Waals surface area contributed by atoms with E-state index in [0.717, 1.165) is 12.8 Å². The molecule has 4 nitrogen and oxygen atoms in total. The van der Waals surface area contributed by atoms with E-state index >= 15 is 0 Å². The quantitative estimate of drug-likeness (QED) is 0.689. The third-order valence-electron chi connectivity index (χ3n) is 2.29. The number of nitrogens with one attached hydrogen (secondary N) is 1. The Morgan fingerprint density at radius 1 is 1.62 bits per heavy atom. The molecule has 0 saturated heterocycles. The van der Waals surface area contributed by atoms with Gasteiger partial charge in [-0.3, -0.25) is 4.79 Å². The van der Waals surface area contributed by atoms with Gasteiger partial charge in [-0.05, 0) is 24.3 Å². The van der Waals surface area contributed by atoms with E-state index in [1.807, 2.05) is 0 Å². The maximum atomic E-state index is 10.7. The van der Waals surface area contributed by atoms with Crippen molar-refractivity contribution in [1.29, 1.82) is 0 Å². The largest absolute Gasteiger partial charge is 0.478 e. The van der Waals surface area contributed by atoms with Crippen molar-refractivity contribution in [3.8, 4) is 0 Å². The molecule has 1 aliphatic rings. The zero-order valence-electron chi connectivity index (χ0n) is 6.91. The van der Waals surface area contributed by atoms with Crippen LogP contribution < -0.4 is 0 Å². The lowest BCUT2D eigenvalue weighted by Gasteiger charge is -1.96. The number of carbonyl (C=O) groups is 2. The Balaban J connectivity index is 2.50. The molecule has 4 heteroatoms. The summed E-state index contributed by atoms with van der Waals surface area (Å²) < 4.78 is 0. The number of H-pyrrole nitrogens is 1. The zero-order chi connectivity index (χ0) is 9.42. The molecule has 0 spiro atoms. The Labute approximate surface area is 74.6 Å². The van der Waals surface area contributed by atoms with E-state index in [1.165, 1.54) is 6.20 Å². The SMILES string of the molecule is O=Cc1[nH]cc(C(=O)O)c1C1CC1. The van der Waals surface area contributed by atoms with E-state index in [1.54, 1.807) is 0 Å². The van der Waals surface area contributed by atoms with Crippen molar-refractivity contribution >= 4 is 12.3 Å². The van der Waals surface area contributed by atoms with E-state index in [2.05, 4.69) is 4.98 Å². The van der Waals surface area contributed by atoms with Crippen LogP contribution in [0.15, 0.2) is 6.20 Å². The number of aromatic carboxylic acids is 1. The predicted molar refractivity (Wildman–Crippen MR) is 45.1 cm³/mol. The van der Waals surface area contributed by atoms with Crippen LogP contribution in [0.25, 0.3) is 0 Å². The number of carboxylic acids is 1. The van der Waals surface area contributed by atoms with Crippen LogP contribution in [-0.4, -0.2) is 22.3 Å². The molecule has 0 radical (unpaired) electrons. The number of hydrogen-bond donors (Lipinski definition) is 2. The Bertz CT molecular complexity index is 363. The van der Waals surface area contributed by atoms with Crippen LogP contribution in [-0.2, 0) is 0 Å². The molecule has 0 bridgehead atoms. The second-order valence-corrected chi connectivity index (χ2v) is 3.23. The highest BCUT2D eigenvalue weighted by molar-refractivity contribution is 5.93. The summed E-state index contributed by atoms with van der Waals surface area (Å²) in [4.78, 5) is 24.0. The maximum Gasteiger partial charge on any atom is 0.337 e. The number of aldehydes is 1. The summed E-state index contributed by atoms with van der Waals surface area (Å²) in [5.74, 6) is -0.691. The number of aromatic amines is 1. The summed E-state index contributed by atoms with van der Waals surface area (Å²) in [7, 11) is 0. The molecule has 0 aromatic carbocycles. The second-order valence-electron chi connectivity index (χ2n) is 3.23. The van der Waals surface area contributed by atoms with E-state index in [0.29, 0.717) is 17.5 Å². The molecule has 0 amide bonds. The Morgan fingerprint density at radius 2 is 2.31 bits per heavy atom. The lowest BCUT2D eigenvalue weighted by Crippen LogP contribution is -1.99. The highest BCUT2D eigenvalue weighted by Crippen LogP contribution is 2.43. The van der Waals surface area contributed by atoms with Crippen molar-refractivity contribution in [2.45, 2.75) is 18.8 Å². The van der Waals surface area contributed by atoms with Crippen molar-refractivity contribution in [3.63, 3.8) is 0 Å². The number of carbonyl (C=O) groups excluding carboxylic acids is 1. The van der Waals surface area contributed by atoms with Crippen LogP contribution in [0.5, 0.6) is 0 Å². The van der Waals surface area contributed by atoms with Gasteiger partial charge >= 0.3 is 5.97 Å². The number of hydrogen-bond acceptors (Lipinski definition) is 2. The van der Waals surface area contributed by atoms with Crippen LogP contribution in [0.4, 0.5) is 0 Å². The average Bonchev–Trinajstić information content (AvgIpc) is 2.84. The molecular formula is C9H9NO3. The van der Waals surface area contributed by atoms with Gasteiger partial charge in [0.05, 0.1) is 11.3 Å². The van der Waals surface area contributed by atoms with Crippen LogP contribution in [0.2, 0.25) is 0 Å². The molecule has 0 atom stereocenters. The van der Waals surface area contributed by atoms with Crippen LogP contribution in [0.3, 0.4) is 0 Å². The van der Waals surface area contributed by atoms with Crippen molar-refractivity contribution < 1.29 is 14.7 Å². The van der Waals surface area contributed by atoms with Gasteiger partial charge in [-0.1, -0.05) is 0 Å². The Kier molecular flexibility index (Phi) is 1.69. The Hall–Kier alpha value is -1.58. The molecule has 1 aromatic heterocycles. The fourth-order valence-electron chi connectivity index (χ4n) is 1.54. The molecule has 1 heterocycles. The monoisotopic (exact) mass is 179 g/mol. The van der Waals surface area contributed by atoms with E-state index in [-0.39, 0.29) is 11.5 Å². The highest BCUT2D eigenvalue weighted by atomic mass is 16.4. The zero-order valence-corrected chi connectivity index (χ0v) is 6.91. The van der Waals surface area contributed by atoms with Crippen molar-refractivity contribution in [2.75, 3.05) is 0 Å². The normalized spacial score (nSPS) is 15.7. The molecule has 13 heavy (non-hydrogen) atoms. The summed E-state index contributed by atoms with van der Waals surface area (Å²) in [6, 6.07) is 0. The smallest absolute Gasteiger partial charge is 0.337 e. The highest BCUT2D eigenvalue weighted by Gasteiger charge is 2.31. The first kappa shape index (κ1) is 8.04. The number of aromatic nitrogens is 1. The van der Waals surface area contributed by atoms with Crippen molar-refractivity contribution in [3.05, 3.63) is 23.0 Å². The molecule has 0 aliphatic heterocycles. The summed E-state index contributed by atoms with van der Waals surface area (Å²) in [5, 5.41) is 8.82. The lowest BCUT2D eigenvalue weighted by molar-refractivity contribution is 0.0696. The van der Waals surface area contributed by atoms with Gasteiger partial charge in [0.1, 0.15) is 0 Å². The minimum Gasteiger partial charge on any atom is -0.478 e. The minimum absolute atomic E-state index is 0.240. The van der Waals surface area contributed by atoms with Gasteiger partial charge in [0, 0.05) is 6.20 Å². The first-order chi connectivity index (χ1) is 6.24. The predicted octanol–water partition coefficient (Wildman–Crippen LogP) is 1.40. The first-order valence-corrected chi connectivity index (χ1v) is 4.13. The fraction of sp³-hybridized carbons (Fsp3) is 0.333. The van der Waals surface area contributed by atoms with Crippen molar-refractivity contribution in [2.24, 2.45) is 0 Å². The van der Waals surface area contributed by atoms with Gasteiger partial charge in [-0.2, -0.15) is 0 Å². The van der Waals surface area contributed by atoms with E-state index in [9.17, 15) is 9.59 Å². The summed E-state index contributed by atoms with van der Waals surface area (Å²) >= 11 is 0. The second kappa shape index (κ2) is 2.73. The molecule has 1 saturated carbocycles. The van der Waals surface area contributed by atoms with Crippen LogP contribution in [0.1, 0.15) is 45.2 Å². The van der Waals surface area contributed by atoms with Gasteiger partial charge in [0.25, 0.3) is 0 Å². The van der Waals surface area contributed by atoms with Gasteiger partial charge in [0.2, 0.25) is 0 Å². The molecule has 2 rings (SSSR count). The van der Waals surface area contributed by atoms with Gasteiger partial charge in [0.15, 0.2) is 6.29 Å². The third-order valence-corrected chi connectivity index (χ3v) is 2.29. The maximum absolute atomic E-state index is 10.7. The van der Waals surface area contributed by atoms with E-state index < -0.39 is 5.97 Å². The van der Waals surface area contributed by atoms with Gasteiger partial charge < -0.3 is 10.1 Å².